The normalized spacial score (nSPS) is 12.3. The van der Waals surface area contributed by atoms with Gasteiger partial charge in [0.1, 0.15) is 0 Å². The number of rotatable bonds is 7. The first-order valence-corrected chi connectivity index (χ1v) is 18.2. The summed E-state index contributed by atoms with van der Waals surface area (Å²) in [6, 6.07) is 60.0. The first-order valence-electron chi connectivity index (χ1n) is 20.2. The fourth-order valence-electron chi connectivity index (χ4n) is 7.28. The molecule has 0 aliphatic carbocycles. The van der Waals surface area contributed by atoms with Crippen molar-refractivity contribution in [2.45, 2.75) is 0 Å². The Labute approximate surface area is 325 Å². The van der Waals surface area contributed by atoms with Crippen molar-refractivity contribution in [2.75, 3.05) is 0 Å². The van der Waals surface area contributed by atoms with E-state index in [0.29, 0.717) is 33.5 Å². The second-order valence-corrected chi connectivity index (χ2v) is 13.4. The summed E-state index contributed by atoms with van der Waals surface area (Å²) in [5.74, 6) is 1.09. The van der Waals surface area contributed by atoms with Crippen molar-refractivity contribution in [1.29, 1.82) is 0 Å². The molecule has 0 unspecified atom stereocenters. The van der Waals surface area contributed by atoms with Crippen LogP contribution in [0.2, 0.25) is 0 Å². The molecule has 0 atom stereocenters. The van der Waals surface area contributed by atoms with Crippen LogP contribution in [0.15, 0.2) is 206 Å². The zero-order valence-corrected chi connectivity index (χ0v) is 29.6. The summed E-state index contributed by atoms with van der Waals surface area (Å²) in [4.78, 5) is 15.3. The number of benzene rings is 8. The lowest BCUT2D eigenvalue weighted by atomic mass is 9.98. The van der Waals surface area contributed by atoms with E-state index in [1.54, 1.807) is 4.57 Å². The molecule has 10 aromatic rings. The van der Waals surface area contributed by atoms with E-state index in [1.165, 1.54) is 0 Å². The van der Waals surface area contributed by atoms with Gasteiger partial charge in [0, 0.05) is 27.5 Å². The average molecular weight is 707 g/mol. The molecule has 0 bridgehead atoms. The number of aromatic nitrogens is 4. The molecule has 0 fully saturated rings. The minimum Gasteiger partial charge on any atom is -0.277 e. The second kappa shape index (κ2) is 13.8. The summed E-state index contributed by atoms with van der Waals surface area (Å²) in [5.41, 5.74) is 10.7. The first kappa shape index (κ1) is 28.1. The van der Waals surface area contributed by atoms with Crippen LogP contribution in [-0.2, 0) is 0 Å². The van der Waals surface area contributed by atoms with Gasteiger partial charge in [-0.25, -0.2) is 4.98 Å². The highest BCUT2D eigenvalue weighted by Gasteiger charge is 2.20. The molecular weight excluding hydrogens is 669 g/mol. The summed E-state index contributed by atoms with van der Waals surface area (Å²) < 4.78 is 37.8. The lowest BCUT2D eigenvalue weighted by Gasteiger charge is -2.13. The highest BCUT2D eigenvalue weighted by Crippen LogP contribution is 2.39. The largest absolute Gasteiger partial charge is 0.277 e. The van der Waals surface area contributed by atoms with Crippen molar-refractivity contribution in [3.05, 3.63) is 206 Å². The quantitative estimate of drug-likeness (QED) is 0.166. The topological polar surface area (TPSA) is 43.6 Å². The van der Waals surface area contributed by atoms with Crippen molar-refractivity contribution in [3.8, 4) is 73.2 Å². The maximum atomic E-state index is 9.31. The van der Waals surface area contributed by atoms with E-state index in [4.69, 9.17) is 19.1 Å². The predicted molar refractivity (Wildman–Crippen MR) is 227 cm³/mol. The number of nitrogens with zero attached hydrogens (tertiary/aromatic N) is 4. The van der Waals surface area contributed by atoms with Gasteiger partial charge in [-0.15, -0.1) is 0 Å². The van der Waals surface area contributed by atoms with Crippen molar-refractivity contribution in [2.24, 2.45) is 0 Å². The van der Waals surface area contributed by atoms with Crippen LogP contribution in [0.5, 0.6) is 0 Å². The maximum Gasteiger partial charge on any atom is 0.238 e. The van der Waals surface area contributed by atoms with Crippen LogP contribution in [-0.4, -0.2) is 19.5 Å². The molecule has 0 amide bonds. The minimum atomic E-state index is -0.331. The van der Waals surface area contributed by atoms with Crippen LogP contribution >= 0.6 is 0 Å². The van der Waals surface area contributed by atoms with Gasteiger partial charge in [0.15, 0.2) is 11.6 Å². The van der Waals surface area contributed by atoms with E-state index >= 15 is 0 Å². The Hall–Kier alpha value is -7.43. The third-order valence-corrected chi connectivity index (χ3v) is 10.0. The Balaban J connectivity index is 1.23. The monoisotopic (exact) mass is 706 g/mol. The second-order valence-electron chi connectivity index (χ2n) is 13.4. The molecule has 0 saturated carbocycles. The zero-order valence-electron chi connectivity index (χ0n) is 33.6. The van der Waals surface area contributed by atoms with E-state index < -0.39 is 0 Å². The third kappa shape index (κ3) is 6.06. The van der Waals surface area contributed by atoms with Crippen LogP contribution in [0, 0.1) is 0 Å². The van der Waals surface area contributed by atoms with Gasteiger partial charge in [0.2, 0.25) is 5.95 Å². The molecule has 4 nitrogen and oxygen atoms in total. The number of hydrogen-bond acceptors (Lipinski definition) is 3. The molecule has 0 aliphatic rings. The zero-order chi connectivity index (χ0) is 40.0. The molecule has 2 aromatic heterocycles. The Morgan fingerprint density at radius 2 is 0.764 bits per heavy atom. The van der Waals surface area contributed by atoms with E-state index in [0.717, 1.165) is 55.6 Å². The van der Waals surface area contributed by atoms with Gasteiger partial charge in [-0.2, -0.15) is 9.97 Å². The Morgan fingerprint density at radius 3 is 1.25 bits per heavy atom. The molecule has 2 heterocycles. The van der Waals surface area contributed by atoms with Gasteiger partial charge in [0.25, 0.3) is 0 Å². The maximum absolute atomic E-state index is 9.31. The molecule has 4 heteroatoms. The highest BCUT2D eigenvalue weighted by atomic mass is 15.2. The molecule has 8 aromatic carbocycles. The van der Waals surface area contributed by atoms with Gasteiger partial charge >= 0.3 is 0 Å². The number of fused-ring (bicyclic) bond motifs is 3. The highest BCUT2D eigenvalue weighted by molar-refractivity contribution is 6.13. The third-order valence-electron chi connectivity index (χ3n) is 10.0. The molecule has 0 N–H and O–H groups in total. The van der Waals surface area contributed by atoms with Crippen LogP contribution in [0.3, 0.4) is 0 Å². The summed E-state index contributed by atoms with van der Waals surface area (Å²) in [6.45, 7) is 0. The Bertz CT molecular complexity index is 3050. The first-order chi connectivity index (χ1) is 28.9. The van der Waals surface area contributed by atoms with Crippen molar-refractivity contribution >= 4 is 21.8 Å². The van der Waals surface area contributed by atoms with Gasteiger partial charge in [-0.3, -0.25) is 4.57 Å². The Morgan fingerprint density at radius 1 is 0.345 bits per heavy atom. The smallest absolute Gasteiger partial charge is 0.238 e. The number of hydrogen-bond donors (Lipinski definition) is 0. The summed E-state index contributed by atoms with van der Waals surface area (Å²) >= 11 is 0. The SMILES string of the molecule is [2H]c1c([2H])c([2H])c2c(c1[2H])c1cccc(-c3ccc(-c4ccccc4)cc3)c1n2-c1nc(-c2ccc(-c3ccccc3)cc2)nc(-c2ccc(-c3ccccc3)cc2)n1. The average Bonchev–Trinajstić information content (AvgIpc) is 3.67. The molecule has 10 rings (SSSR count). The van der Waals surface area contributed by atoms with Gasteiger partial charge in [0.05, 0.1) is 16.5 Å². The molecule has 0 radical (unpaired) electrons. The molecule has 0 spiro atoms. The molecular formula is C51H34N4. The Kier molecular flexibility index (Phi) is 7.08. The van der Waals surface area contributed by atoms with Crippen molar-refractivity contribution < 1.29 is 5.48 Å². The van der Waals surface area contributed by atoms with Crippen LogP contribution in [0.1, 0.15) is 5.48 Å². The van der Waals surface area contributed by atoms with Crippen LogP contribution in [0.4, 0.5) is 0 Å². The molecule has 0 saturated heterocycles. The van der Waals surface area contributed by atoms with E-state index in [1.807, 2.05) is 97.1 Å². The van der Waals surface area contributed by atoms with Gasteiger partial charge in [-0.05, 0) is 45.0 Å². The molecule has 55 heavy (non-hydrogen) atoms. The summed E-state index contributed by atoms with van der Waals surface area (Å²) in [5, 5.41) is 1.07. The fraction of sp³-hybridized carbons (Fsp3) is 0. The van der Waals surface area contributed by atoms with Crippen molar-refractivity contribution in [3.63, 3.8) is 0 Å². The van der Waals surface area contributed by atoms with E-state index in [2.05, 4.69) is 84.9 Å². The summed E-state index contributed by atoms with van der Waals surface area (Å²) in [7, 11) is 0. The minimum absolute atomic E-state index is 0.121. The number of para-hydroxylation sites is 2. The predicted octanol–water partition coefficient (Wildman–Crippen LogP) is 13.0. The summed E-state index contributed by atoms with van der Waals surface area (Å²) in [6.07, 6.45) is 0. The van der Waals surface area contributed by atoms with Gasteiger partial charge in [-0.1, -0.05) is 200 Å². The van der Waals surface area contributed by atoms with E-state index in [9.17, 15) is 1.37 Å². The van der Waals surface area contributed by atoms with Crippen LogP contribution in [0.25, 0.3) is 95.0 Å². The standard InChI is InChI=1S/C51H34N4/c1-4-13-35(14-5-1)38-23-29-41(30-24-38)44-20-12-21-46-45-19-10-11-22-47(45)55(48(44)46)51-53-49(42-31-25-39(26-32-42)36-15-6-2-7-16-36)52-50(54-51)43-33-27-40(28-34-43)37-17-8-3-9-18-37/h1-34H/i10D,11D,19D,22D. The lowest BCUT2D eigenvalue weighted by molar-refractivity contribution is 0.954. The lowest BCUT2D eigenvalue weighted by Crippen LogP contribution is -2.07. The molecule has 258 valence electrons. The van der Waals surface area contributed by atoms with Crippen LogP contribution < -0.4 is 0 Å². The fourth-order valence-corrected chi connectivity index (χ4v) is 7.28. The molecule has 0 aliphatic heterocycles. The van der Waals surface area contributed by atoms with Gasteiger partial charge < -0.3 is 0 Å². The van der Waals surface area contributed by atoms with E-state index in [-0.39, 0.29) is 30.1 Å². The van der Waals surface area contributed by atoms with Crippen molar-refractivity contribution in [1.82, 2.24) is 19.5 Å².